The molecule has 0 N–H and O–H groups in total. The first-order chi connectivity index (χ1) is 10.7. The molecule has 114 valence electrons. The molecule has 6 heteroatoms. The summed E-state index contributed by atoms with van der Waals surface area (Å²) in [6, 6.07) is 7.60. The number of nitrogens with zero attached hydrogens (tertiary/aromatic N) is 3. The standard InChI is InChI=1S/C16H17N3O2S/c1-12-4-2-3-5-13(12)15(20)18-6-8-19(9-7-18)16(21)14-10-22-11-17-14/h2-5,10-11H,6-9H2,1H3. The van der Waals surface area contributed by atoms with Crippen LogP contribution in [0.4, 0.5) is 0 Å². The first kappa shape index (κ1) is 14.7. The van der Waals surface area contributed by atoms with Gasteiger partial charge >= 0.3 is 0 Å². The predicted octanol–water partition coefficient (Wildman–Crippen LogP) is 2.05. The second-order valence-electron chi connectivity index (χ2n) is 5.27. The van der Waals surface area contributed by atoms with Crippen molar-refractivity contribution in [2.75, 3.05) is 26.2 Å². The number of hydrogen-bond acceptors (Lipinski definition) is 4. The Morgan fingerprint density at radius 1 is 1.05 bits per heavy atom. The fourth-order valence-corrected chi connectivity index (χ4v) is 3.10. The fraction of sp³-hybridized carbons (Fsp3) is 0.312. The van der Waals surface area contributed by atoms with Gasteiger partial charge in [0.25, 0.3) is 11.8 Å². The monoisotopic (exact) mass is 315 g/mol. The van der Waals surface area contributed by atoms with Gasteiger partial charge in [-0.15, -0.1) is 11.3 Å². The van der Waals surface area contributed by atoms with Crippen molar-refractivity contribution in [3.63, 3.8) is 0 Å². The molecular formula is C16H17N3O2S. The lowest BCUT2D eigenvalue weighted by atomic mass is 10.1. The topological polar surface area (TPSA) is 53.5 Å². The number of amides is 2. The summed E-state index contributed by atoms with van der Waals surface area (Å²) in [5, 5.41) is 1.76. The minimum atomic E-state index is -0.0516. The normalized spacial score (nSPS) is 15.0. The Morgan fingerprint density at radius 2 is 1.68 bits per heavy atom. The largest absolute Gasteiger partial charge is 0.335 e. The molecule has 0 bridgehead atoms. The van der Waals surface area contributed by atoms with Crippen LogP contribution < -0.4 is 0 Å². The summed E-state index contributed by atoms with van der Waals surface area (Å²) >= 11 is 1.41. The number of carbonyl (C=O) groups excluding carboxylic acids is 2. The number of thiazole rings is 1. The van der Waals surface area contributed by atoms with Crippen LogP contribution in [-0.2, 0) is 0 Å². The van der Waals surface area contributed by atoms with Crippen LogP contribution >= 0.6 is 11.3 Å². The first-order valence-corrected chi connectivity index (χ1v) is 8.13. The molecule has 1 aliphatic heterocycles. The van der Waals surface area contributed by atoms with Gasteiger partial charge in [0.2, 0.25) is 0 Å². The zero-order valence-electron chi connectivity index (χ0n) is 12.4. The molecule has 1 aromatic heterocycles. The van der Waals surface area contributed by atoms with Crippen LogP contribution in [0.2, 0.25) is 0 Å². The van der Waals surface area contributed by atoms with E-state index in [1.807, 2.05) is 36.1 Å². The van der Waals surface area contributed by atoms with Gasteiger partial charge in [0.15, 0.2) is 0 Å². The van der Waals surface area contributed by atoms with E-state index in [1.165, 1.54) is 11.3 Å². The summed E-state index contributed by atoms with van der Waals surface area (Å²) < 4.78 is 0. The lowest BCUT2D eigenvalue weighted by molar-refractivity contribution is 0.0532. The van der Waals surface area contributed by atoms with Crippen molar-refractivity contribution in [2.45, 2.75) is 6.92 Å². The van der Waals surface area contributed by atoms with E-state index in [4.69, 9.17) is 0 Å². The molecule has 2 amide bonds. The third kappa shape index (κ3) is 2.87. The highest BCUT2D eigenvalue weighted by atomic mass is 32.1. The predicted molar refractivity (Wildman–Crippen MR) is 85.1 cm³/mol. The van der Waals surface area contributed by atoms with E-state index >= 15 is 0 Å². The lowest BCUT2D eigenvalue weighted by Crippen LogP contribution is -2.50. The summed E-state index contributed by atoms with van der Waals surface area (Å²) in [6.45, 7) is 4.16. The molecule has 22 heavy (non-hydrogen) atoms. The Bertz CT molecular complexity index is 676. The van der Waals surface area contributed by atoms with E-state index in [1.54, 1.807) is 15.8 Å². The average Bonchev–Trinajstić information content (AvgIpc) is 3.09. The van der Waals surface area contributed by atoms with E-state index in [2.05, 4.69) is 4.98 Å². The summed E-state index contributed by atoms with van der Waals surface area (Å²) in [6.07, 6.45) is 0. The van der Waals surface area contributed by atoms with Crippen molar-refractivity contribution >= 4 is 23.2 Å². The minimum Gasteiger partial charge on any atom is -0.335 e. The van der Waals surface area contributed by atoms with E-state index in [0.717, 1.165) is 11.1 Å². The van der Waals surface area contributed by atoms with Crippen molar-refractivity contribution in [3.05, 3.63) is 52.0 Å². The minimum absolute atomic E-state index is 0.0406. The van der Waals surface area contributed by atoms with Crippen LogP contribution in [0.1, 0.15) is 26.4 Å². The molecule has 1 aliphatic rings. The maximum Gasteiger partial charge on any atom is 0.273 e. The zero-order valence-corrected chi connectivity index (χ0v) is 13.2. The Labute approximate surface area is 133 Å². The van der Waals surface area contributed by atoms with Gasteiger partial charge in [-0.1, -0.05) is 18.2 Å². The molecule has 1 aromatic carbocycles. The SMILES string of the molecule is Cc1ccccc1C(=O)N1CCN(C(=O)c2cscn2)CC1. The number of carbonyl (C=O) groups is 2. The molecule has 0 radical (unpaired) electrons. The molecule has 0 saturated carbocycles. The van der Waals surface area contributed by atoms with Gasteiger partial charge in [-0.2, -0.15) is 0 Å². The van der Waals surface area contributed by atoms with Crippen LogP contribution in [0.3, 0.4) is 0 Å². The van der Waals surface area contributed by atoms with Gasteiger partial charge in [0, 0.05) is 37.1 Å². The van der Waals surface area contributed by atoms with Gasteiger partial charge in [-0.25, -0.2) is 4.98 Å². The van der Waals surface area contributed by atoms with E-state index in [-0.39, 0.29) is 11.8 Å². The van der Waals surface area contributed by atoms with E-state index < -0.39 is 0 Å². The summed E-state index contributed by atoms with van der Waals surface area (Å²) in [4.78, 5) is 32.4. The summed E-state index contributed by atoms with van der Waals surface area (Å²) in [7, 11) is 0. The number of hydrogen-bond donors (Lipinski definition) is 0. The third-order valence-corrected chi connectivity index (χ3v) is 4.47. The Morgan fingerprint density at radius 3 is 2.27 bits per heavy atom. The van der Waals surface area contributed by atoms with Gasteiger partial charge in [-0.05, 0) is 18.6 Å². The Balaban J connectivity index is 1.63. The highest BCUT2D eigenvalue weighted by Gasteiger charge is 2.26. The van der Waals surface area contributed by atoms with Crippen LogP contribution in [0, 0.1) is 6.92 Å². The van der Waals surface area contributed by atoms with Crippen molar-refractivity contribution in [1.29, 1.82) is 0 Å². The van der Waals surface area contributed by atoms with Crippen molar-refractivity contribution in [2.24, 2.45) is 0 Å². The molecule has 2 heterocycles. The van der Waals surface area contributed by atoms with Crippen LogP contribution in [0.5, 0.6) is 0 Å². The second-order valence-corrected chi connectivity index (χ2v) is 5.99. The number of aryl methyl sites for hydroxylation is 1. The Hall–Kier alpha value is -2.21. The molecule has 0 unspecified atom stereocenters. The van der Waals surface area contributed by atoms with Gasteiger partial charge in [0.1, 0.15) is 5.69 Å². The lowest BCUT2D eigenvalue weighted by Gasteiger charge is -2.34. The molecule has 5 nitrogen and oxygen atoms in total. The number of benzene rings is 1. The van der Waals surface area contributed by atoms with E-state index in [0.29, 0.717) is 31.9 Å². The first-order valence-electron chi connectivity index (χ1n) is 7.19. The quantitative estimate of drug-likeness (QED) is 0.852. The number of rotatable bonds is 2. The molecule has 3 rings (SSSR count). The molecule has 1 fully saturated rings. The molecule has 1 saturated heterocycles. The number of aromatic nitrogens is 1. The molecule has 0 aliphatic carbocycles. The van der Waals surface area contributed by atoms with Crippen LogP contribution in [-0.4, -0.2) is 52.8 Å². The van der Waals surface area contributed by atoms with Crippen molar-refractivity contribution in [1.82, 2.24) is 14.8 Å². The molecular weight excluding hydrogens is 298 g/mol. The highest BCUT2D eigenvalue weighted by Crippen LogP contribution is 2.14. The summed E-state index contributed by atoms with van der Waals surface area (Å²) in [5.74, 6) is -0.0110. The molecule has 0 atom stereocenters. The van der Waals surface area contributed by atoms with Gasteiger partial charge < -0.3 is 9.80 Å². The van der Waals surface area contributed by atoms with Crippen LogP contribution in [0.25, 0.3) is 0 Å². The maximum absolute atomic E-state index is 12.5. The van der Waals surface area contributed by atoms with Gasteiger partial charge in [0.05, 0.1) is 5.51 Å². The Kier molecular flexibility index (Phi) is 4.20. The number of piperazine rings is 1. The average molecular weight is 315 g/mol. The fourth-order valence-electron chi connectivity index (χ4n) is 2.58. The van der Waals surface area contributed by atoms with Gasteiger partial charge in [-0.3, -0.25) is 9.59 Å². The molecule has 0 spiro atoms. The zero-order chi connectivity index (χ0) is 15.5. The van der Waals surface area contributed by atoms with Crippen molar-refractivity contribution in [3.8, 4) is 0 Å². The van der Waals surface area contributed by atoms with E-state index in [9.17, 15) is 9.59 Å². The smallest absolute Gasteiger partial charge is 0.273 e. The summed E-state index contributed by atoms with van der Waals surface area (Å²) in [5.41, 5.74) is 3.87. The second kappa shape index (κ2) is 6.27. The van der Waals surface area contributed by atoms with Crippen molar-refractivity contribution < 1.29 is 9.59 Å². The third-order valence-electron chi connectivity index (χ3n) is 3.88. The maximum atomic E-state index is 12.5. The van der Waals surface area contributed by atoms with Crippen LogP contribution in [0.15, 0.2) is 35.2 Å². The molecule has 2 aromatic rings. The highest BCUT2D eigenvalue weighted by molar-refractivity contribution is 7.07.